The third-order valence-corrected chi connectivity index (χ3v) is 2.36. The summed E-state index contributed by atoms with van der Waals surface area (Å²) in [6.45, 7) is 0.826. The van der Waals surface area contributed by atoms with Gasteiger partial charge in [0, 0.05) is 12.2 Å². The molecule has 74 valence electrons. The van der Waals surface area contributed by atoms with Gasteiger partial charge in [0.1, 0.15) is 5.82 Å². The molecule has 0 bridgehead atoms. The number of halogens is 1. The number of rotatable bonds is 2. The first-order chi connectivity index (χ1) is 6.86. The van der Waals surface area contributed by atoms with Gasteiger partial charge in [-0.05, 0) is 18.9 Å². The molecule has 0 radical (unpaired) electrons. The molecule has 1 aromatic rings. The van der Waals surface area contributed by atoms with Crippen LogP contribution < -0.4 is 0 Å². The summed E-state index contributed by atoms with van der Waals surface area (Å²) in [6, 6.07) is 6.76. The highest BCUT2D eigenvalue weighted by Gasteiger charge is 2.11. The van der Waals surface area contributed by atoms with Crippen LogP contribution in [0.4, 0.5) is 4.39 Å². The van der Waals surface area contributed by atoms with Gasteiger partial charge in [-0.25, -0.2) is 4.39 Å². The molecule has 0 spiro atoms. The van der Waals surface area contributed by atoms with E-state index < -0.39 is 0 Å². The van der Waals surface area contributed by atoms with Crippen molar-refractivity contribution in [3.63, 3.8) is 0 Å². The number of benzene rings is 1. The Bertz CT molecular complexity index is 327. The van der Waals surface area contributed by atoms with Crippen LogP contribution in [-0.2, 0) is 4.74 Å². The van der Waals surface area contributed by atoms with Crippen LogP contribution in [0.25, 0.3) is 6.08 Å². The molecule has 14 heavy (non-hydrogen) atoms. The fourth-order valence-electron chi connectivity index (χ4n) is 1.58. The summed E-state index contributed by atoms with van der Waals surface area (Å²) >= 11 is 0. The lowest BCUT2D eigenvalue weighted by Gasteiger charge is -2.01. The Labute approximate surface area is 83.2 Å². The smallest absolute Gasteiger partial charge is 0.130 e. The molecule has 2 rings (SSSR count). The first-order valence-electron chi connectivity index (χ1n) is 4.90. The molecule has 1 nitrogen and oxygen atoms in total. The van der Waals surface area contributed by atoms with Gasteiger partial charge in [-0.1, -0.05) is 30.4 Å². The third kappa shape index (κ3) is 2.20. The summed E-state index contributed by atoms with van der Waals surface area (Å²) in [5.74, 6) is -0.179. The topological polar surface area (TPSA) is 9.23 Å². The van der Waals surface area contributed by atoms with Crippen LogP contribution in [-0.4, -0.2) is 12.7 Å². The lowest BCUT2D eigenvalue weighted by atomic mass is 10.1. The van der Waals surface area contributed by atoms with E-state index in [0.717, 1.165) is 19.4 Å². The van der Waals surface area contributed by atoms with E-state index in [2.05, 4.69) is 0 Å². The van der Waals surface area contributed by atoms with Gasteiger partial charge in [-0.3, -0.25) is 0 Å². The molecule has 1 unspecified atom stereocenters. The zero-order chi connectivity index (χ0) is 9.80. The molecule has 2 heteroatoms. The van der Waals surface area contributed by atoms with Crippen molar-refractivity contribution >= 4 is 6.08 Å². The summed E-state index contributed by atoms with van der Waals surface area (Å²) in [7, 11) is 0. The van der Waals surface area contributed by atoms with Crippen molar-refractivity contribution in [3.05, 3.63) is 41.7 Å². The number of hydrogen-bond acceptors (Lipinski definition) is 1. The van der Waals surface area contributed by atoms with Gasteiger partial charge >= 0.3 is 0 Å². The van der Waals surface area contributed by atoms with E-state index >= 15 is 0 Å². The van der Waals surface area contributed by atoms with E-state index in [4.69, 9.17) is 4.74 Å². The molecule has 1 heterocycles. The van der Waals surface area contributed by atoms with Crippen LogP contribution in [0.3, 0.4) is 0 Å². The average molecular weight is 192 g/mol. The maximum Gasteiger partial charge on any atom is 0.130 e. The first-order valence-corrected chi connectivity index (χ1v) is 4.90. The largest absolute Gasteiger partial charge is 0.374 e. The molecule has 0 aromatic heterocycles. The Morgan fingerprint density at radius 3 is 2.93 bits per heavy atom. The molecule has 1 fully saturated rings. The van der Waals surface area contributed by atoms with E-state index in [1.807, 2.05) is 12.1 Å². The second-order valence-corrected chi connectivity index (χ2v) is 3.43. The first kappa shape index (κ1) is 9.41. The van der Waals surface area contributed by atoms with Gasteiger partial charge in [0.2, 0.25) is 0 Å². The SMILES string of the molecule is Fc1ccccc1C=CC1CCCO1. The Kier molecular flexibility index (Phi) is 2.94. The van der Waals surface area contributed by atoms with E-state index in [1.165, 1.54) is 6.07 Å². The van der Waals surface area contributed by atoms with Gasteiger partial charge in [-0.15, -0.1) is 0 Å². The molecule has 0 N–H and O–H groups in total. The van der Waals surface area contributed by atoms with Crippen molar-refractivity contribution in [1.82, 2.24) is 0 Å². The predicted octanol–water partition coefficient (Wildman–Crippen LogP) is 3.02. The van der Waals surface area contributed by atoms with Crippen molar-refractivity contribution in [2.45, 2.75) is 18.9 Å². The molecule has 0 aliphatic carbocycles. The maximum absolute atomic E-state index is 13.2. The highest BCUT2D eigenvalue weighted by molar-refractivity contribution is 5.50. The standard InChI is InChI=1S/C12H13FO/c13-12-6-2-1-4-10(12)7-8-11-5-3-9-14-11/h1-2,4,6-8,11H,3,5,9H2. The summed E-state index contributed by atoms with van der Waals surface area (Å²) < 4.78 is 18.6. The van der Waals surface area contributed by atoms with Crippen molar-refractivity contribution in [2.24, 2.45) is 0 Å². The Balaban J connectivity index is 2.06. The highest BCUT2D eigenvalue weighted by Crippen LogP contribution is 2.15. The highest BCUT2D eigenvalue weighted by atomic mass is 19.1. The Hall–Kier alpha value is -1.15. The van der Waals surface area contributed by atoms with Crippen molar-refractivity contribution in [2.75, 3.05) is 6.61 Å². The summed E-state index contributed by atoms with van der Waals surface area (Å²) in [4.78, 5) is 0. The van der Waals surface area contributed by atoms with Crippen molar-refractivity contribution in [3.8, 4) is 0 Å². The van der Waals surface area contributed by atoms with Gasteiger partial charge in [0.25, 0.3) is 0 Å². The molecular weight excluding hydrogens is 179 g/mol. The number of hydrogen-bond donors (Lipinski definition) is 0. The van der Waals surface area contributed by atoms with Gasteiger partial charge in [0.05, 0.1) is 6.10 Å². The maximum atomic E-state index is 13.2. The molecule has 1 aromatic carbocycles. The van der Waals surface area contributed by atoms with E-state index in [-0.39, 0.29) is 11.9 Å². The van der Waals surface area contributed by atoms with Crippen LogP contribution in [0.5, 0.6) is 0 Å². The second kappa shape index (κ2) is 4.38. The lowest BCUT2D eigenvalue weighted by Crippen LogP contribution is -1.98. The molecular formula is C12H13FO. The van der Waals surface area contributed by atoms with Crippen molar-refractivity contribution in [1.29, 1.82) is 0 Å². The summed E-state index contributed by atoms with van der Waals surface area (Å²) in [5, 5.41) is 0. The van der Waals surface area contributed by atoms with E-state index in [0.29, 0.717) is 5.56 Å². The monoisotopic (exact) mass is 192 g/mol. The number of ether oxygens (including phenoxy) is 1. The molecule has 0 saturated carbocycles. The zero-order valence-electron chi connectivity index (χ0n) is 7.95. The normalized spacial score (nSPS) is 21.9. The minimum absolute atomic E-state index is 0.176. The van der Waals surface area contributed by atoms with Gasteiger partial charge < -0.3 is 4.74 Å². The second-order valence-electron chi connectivity index (χ2n) is 3.43. The van der Waals surface area contributed by atoms with Crippen LogP contribution in [0.2, 0.25) is 0 Å². The minimum atomic E-state index is -0.179. The van der Waals surface area contributed by atoms with Crippen LogP contribution in [0, 0.1) is 5.82 Å². The molecule has 1 aliphatic rings. The molecule has 0 amide bonds. The van der Waals surface area contributed by atoms with E-state index in [9.17, 15) is 4.39 Å². The summed E-state index contributed by atoms with van der Waals surface area (Å²) in [6.07, 6.45) is 6.06. The van der Waals surface area contributed by atoms with Crippen LogP contribution in [0.1, 0.15) is 18.4 Å². The quantitative estimate of drug-likeness (QED) is 0.699. The Morgan fingerprint density at radius 1 is 1.36 bits per heavy atom. The lowest BCUT2D eigenvalue weighted by molar-refractivity contribution is 0.146. The van der Waals surface area contributed by atoms with Crippen LogP contribution >= 0.6 is 0 Å². The van der Waals surface area contributed by atoms with Gasteiger partial charge in [-0.2, -0.15) is 0 Å². The average Bonchev–Trinajstić information content (AvgIpc) is 2.69. The van der Waals surface area contributed by atoms with Gasteiger partial charge in [0.15, 0.2) is 0 Å². The molecule has 1 atom stereocenters. The Morgan fingerprint density at radius 2 is 2.21 bits per heavy atom. The molecule has 1 saturated heterocycles. The predicted molar refractivity (Wildman–Crippen MR) is 54.4 cm³/mol. The molecule has 1 aliphatic heterocycles. The van der Waals surface area contributed by atoms with E-state index in [1.54, 1.807) is 18.2 Å². The van der Waals surface area contributed by atoms with Crippen molar-refractivity contribution < 1.29 is 9.13 Å². The fourth-order valence-corrected chi connectivity index (χ4v) is 1.58. The summed E-state index contributed by atoms with van der Waals surface area (Å²) in [5.41, 5.74) is 0.628. The minimum Gasteiger partial charge on any atom is -0.374 e. The fraction of sp³-hybridized carbons (Fsp3) is 0.333. The zero-order valence-corrected chi connectivity index (χ0v) is 7.95. The van der Waals surface area contributed by atoms with Crippen LogP contribution in [0.15, 0.2) is 30.3 Å². The third-order valence-electron chi connectivity index (χ3n) is 2.36.